The Labute approximate surface area is 141 Å². The Morgan fingerprint density at radius 1 is 1.17 bits per heavy atom. The number of nitrogens with zero attached hydrogens (tertiary/aromatic N) is 1. The highest BCUT2D eigenvalue weighted by Gasteiger charge is 2.35. The zero-order valence-corrected chi connectivity index (χ0v) is 15.4. The van der Waals surface area contributed by atoms with Crippen LogP contribution in [0.2, 0.25) is 0 Å². The molecule has 0 aromatic carbocycles. The molecule has 1 aliphatic carbocycles. The fourth-order valence-electron chi connectivity index (χ4n) is 3.76. The van der Waals surface area contributed by atoms with E-state index < -0.39 is 5.60 Å². The van der Waals surface area contributed by atoms with Gasteiger partial charge in [-0.05, 0) is 66.2 Å². The van der Waals surface area contributed by atoms with Gasteiger partial charge in [-0.15, -0.1) is 0 Å². The maximum atomic E-state index is 12.4. The number of methoxy groups -OCH3 is 1. The third-order valence-electron chi connectivity index (χ3n) is 5.03. The van der Waals surface area contributed by atoms with E-state index in [1.54, 1.807) is 7.11 Å². The minimum atomic E-state index is -0.438. The van der Waals surface area contributed by atoms with Crippen molar-refractivity contribution in [2.75, 3.05) is 13.7 Å². The lowest BCUT2D eigenvalue weighted by molar-refractivity contribution is 0.00397. The molecule has 1 saturated carbocycles. The van der Waals surface area contributed by atoms with Gasteiger partial charge in [-0.3, -0.25) is 0 Å². The standard InChI is InChI=1S/C18H34N2O3/c1-13-16(19-14-8-6-9-15(12-14)22-5)10-7-11-20(13)17(21)23-18(2,3)4/h13-16,19H,6-12H2,1-5H3. The van der Waals surface area contributed by atoms with Crippen molar-refractivity contribution in [3.05, 3.63) is 0 Å². The highest BCUT2D eigenvalue weighted by molar-refractivity contribution is 5.68. The Hall–Kier alpha value is -0.810. The molecule has 1 amide bonds. The fourth-order valence-corrected chi connectivity index (χ4v) is 3.76. The predicted molar refractivity (Wildman–Crippen MR) is 91.6 cm³/mol. The number of likely N-dealkylation sites (tertiary alicyclic amines) is 1. The lowest BCUT2D eigenvalue weighted by atomic mass is 9.90. The van der Waals surface area contributed by atoms with Crippen molar-refractivity contribution in [3.8, 4) is 0 Å². The highest BCUT2D eigenvalue weighted by atomic mass is 16.6. The van der Waals surface area contributed by atoms with Crippen LogP contribution in [0.25, 0.3) is 0 Å². The monoisotopic (exact) mass is 326 g/mol. The smallest absolute Gasteiger partial charge is 0.410 e. The van der Waals surface area contributed by atoms with E-state index in [1.807, 2.05) is 25.7 Å². The Morgan fingerprint density at radius 3 is 2.57 bits per heavy atom. The van der Waals surface area contributed by atoms with Crippen LogP contribution >= 0.6 is 0 Å². The van der Waals surface area contributed by atoms with E-state index in [-0.39, 0.29) is 12.1 Å². The molecule has 5 nitrogen and oxygen atoms in total. The SMILES string of the molecule is COC1CCCC(NC2CCCN(C(=O)OC(C)(C)C)C2C)C1. The summed E-state index contributed by atoms with van der Waals surface area (Å²) in [5.74, 6) is 0. The molecule has 4 unspecified atom stereocenters. The minimum absolute atomic E-state index is 0.168. The number of carbonyl (C=O) groups is 1. The normalized spacial score (nSPS) is 32.7. The van der Waals surface area contributed by atoms with E-state index >= 15 is 0 Å². The van der Waals surface area contributed by atoms with Gasteiger partial charge < -0.3 is 19.7 Å². The first kappa shape index (κ1) is 18.5. The van der Waals surface area contributed by atoms with Crippen molar-refractivity contribution >= 4 is 6.09 Å². The number of piperidine rings is 1. The Balaban J connectivity index is 1.91. The molecule has 134 valence electrons. The summed E-state index contributed by atoms with van der Waals surface area (Å²) in [6, 6.07) is 1.01. The molecule has 23 heavy (non-hydrogen) atoms. The van der Waals surface area contributed by atoms with Crippen LogP contribution < -0.4 is 5.32 Å². The second kappa shape index (κ2) is 7.84. The summed E-state index contributed by atoms with van der Waals surface area (Å²) >= 11 is 0. The average Bonchev–Trinajstić information content (AvgIpc) is 2.48. The van der Waals surface area contributed by atoms with E-state index in [0.717, 1.165) is 25.8 Å². The maximum absolute atomic E-state index is 12.4. The summed E-state index contributed by atoms with van der Waals surface area (Å²) in [5, 5.41) is 3.79. The van der Waals surface area contributed by atoms with Gasteiger partial charge in [-0.25, -0.2) is 4.79 Å². The third-order valence-corrected chi connectivity index (χ3v) is 5.03. The largest absolute Gasteiger partial charge is 0.444 e. The molecule has 2 fully saturated rings. The molecule has 1 aliphatic heterocycles. The minimum Gasteiger partial charge on any atom is -0.444 e. The lowest BCUT2D eigenvalue weighted by Gasteiger charge is -2.42. The van der Waals surface area contributed by atoms with Gasteiger partial charge in [0.2, 0.25) is 0 Å². The zero-order valence-electron chi connectivity index (χ0n) is 15.4. The summed E-state index contributed by atoms with van der Waals surface area (Å²) in [4.78, 5) is 14.3. The van der Waals surface area contributed by atoms with Crippen LogP contribution in [-0.4, -0.2) is 54.5 Å². The van der Waals surface area contributed by atoms with Crippen LogP contribution in [0.1, 0.15) is 66.2 Å². The third kappa shape index (κ3) is 5.35. The molecule has 0 spiro atoms. The topological polar surface area (TPSA) is 50.8 Å². The van der Waals surface area contributed by atoms with Gasteiger partial charge in [0.15, 0.2) is 0 Å². The number of hydrogen-bond donors (Lipinski definition) is 1. The van der Waals surface area contributed by atoms with Gasteiger partial charge >= 0.3 is 6.09 Å². The molecule has 2 rings (SSSR count). The molecule has 0 radical (unpaired) electrons. The molecule has 5 heteroatoms. The molecule has 4 atom stereocenters. The summed E-state index contributed by atoms with van der Waals surface area (Å²) < 4.78 is 11.1. The molecular formula is C18H34N2O3. The number of ether oxygens (including phenoxy) is 2. The van der Waals surface area contributed by atoms with Gasteiger partial charge in [0, 0.05) is 31.8 Å². The van der Waals surface area contributed by atoms with Crippen LogP contribution in [0.3, 0.4) is 0 Å². The first-order valence-corrected chi connectivity index (χ1v) is 9.08. The Morgan fingerprint density at radius 2 is 1.91 bits per heavy atom. The predicted octanol–water partition coefficient (Wildman–Crippen LogP) is 3.32. The quantitative estimate of drug-likeness (QED) is 0.864. The lowest BCUT2D eigenvalue weighted by Crippen LogP contribution is -2.57. The van der Waals surface area contributed by atoms with Gasteiger partial charge in [0.05, 0.1) is 6.10 Å². The average molecular weight is 326 g/mol. The van der Waals surface area contributed by atoms with Crippen molar-refractivity contribution in [1.82, 2.24) is 10.2 Å². The van der Waals surface area contributed by atoms with Gasteiger partial charge in [0.1, 0.15) is 5.60 Å². The van der Waals surface area contributed by atoms with E-state index in [4.69, 9.17) is 9.47 Å². The van der Waals surface area contributed by atoms with Crippen LogP contribution in [0.15, 0.2) is 0 Å². The van der Waals surface area contributed by atoms with Gasteiger partial charge in [0.25, 0.3) is 0 Å². The summed E-state index contributed by atoms with van der Waals surface area (Å²) in [5.41, 5.74) is -0.438. The molecule has 0 aromatic rings. The second-order valence-corrected chi connectivity index (χ2v) is 8.05. The van der Waals surface area contributed by atoms with Crippen LogP contribution in [0.4, 0.5) is 4.79 Å². The molecule has 0 aromatic heterocycles. The summed E-state index contributed by atoms with van der Waals surface area (Å²) in [6.07, 6.45) is 7.00. The summed E-state index contributed by atoms with van der Waals surface area (Å²) in [7, 11) is 1.81. The molecule has 1 N–H and O–H groups in total. The number of amides is 1. The van der Waals surface area contributed by atoms with Gasteiger partial charge in [-0.1, -0.05) is 0 Å². The molecule has 2 aliphatic rings. The maximum Gasteiger partial charge on any atom is 0.410 e. The van der Waals surface area contributed by atoms with E-state index in [0.29, 0.717) is 18.2 Å². The molecular weight excluding hydrogens is 292 g/mol. The molecule has 1 saturated heterocycles. The number of hydrogen-bond acceptors (Lipinski definition) is 4. The van der Waals surface area contributed by atoms with Crippen molar-refractivity contribution in [2.24, 2.45) is 0 Å². The summed E-state index contributed by atoms with van der Waals surface area (Å²) in [6.45, 7) is 8.68. The fraction of sp³-hybridized carbons (Fsp3) is 0.944. The van der Waals surface area contributed by atoms with E-state index in [9.17, 15) is 4.79 Å². The first-order chi connectivity index (χ1) is 10.8. The number of rotatable bonds is 3. The van der Waals surface area contributed by atoms with Crippen molar-refractivity contribution in [3.63, 3.8) is 0 Å². The molecule has 1 heterocycles. The van der Waals surface area contributed by atoms with Crippen molar-refractivity contribution in [2.45, 2.75) is 96.1 Å². The van der Waals surface area contributed by atoms with E-state index in [2.05, 4.69) is 12.2 Å². The van der Waals surface area contributed by atoms with Crippen molar-refractivity contribution < 1.29 is 14.3 Å². The first-order valence-electron chi connectivity index (χ1n) is 9.08. The Bertz CT molecular complexity index is 394. The van der Waals surface area contributed by atoms with E-state index in [1.165, 1.54) is 19.3 Å². The van der Waals surface area contributed by atoms with Crippen LogP contribution in [0, 0.1) is 0 Å². The van der Waals surface area contributed by atoms with Crippen LogP contribution in [0.5, 0.6) is 0 Å². The van der Waals surface area contributed by atoms with Crippen molar-refractivity contribution in [1.29, 1.82) is 0 Å². The zero-order chi connectivity index (χ0) is 17.0. The molecule has 0 bridgehead atoms. The number of carbonyl (C=O) groups excluding carboxylic acids is 1. The van der Waals surface area contributed by atoms with Crippen LogP contribution in [-0.2, 0) is 9.47 Å². The second-order valence-electron chi connectivity index (χ2n) is 8.05. The Kier molecular flexibility index (Phi) is 6.32. The highest BCUT2D eigenvalue weighted by Crippen LogP contribution is 2.25. The van der Waals surface area contributed by atoms with Gasteiger partial charge in [-0.2, -0.15) is 0 Å². The number of nitrogens with one attached hydrogen (secondary N) is 1.